The topological polar surface area (TPSA) is 57.9 Å². The standard InChI is InChI=1S/C20H24N4.2C2H6/c1-13-7-9-24(10-8-13)16-4-6-18-19(12-16)23-20(22-18)15-3-5-17(21)14(2)11-15;2*1-2/h3-6,11-13H,7-10,21H2,1-2H3,(H,22,23);2*1-2H3. The normalized spacial score (nSPS) is 14.1. The molecule has 0 saturated carbocycles. The molecule has 0 bridgehead atoms. The summed E-state index contributed by atoms with van der Waals surface area (Å²) in [6.07, 6.45) is 2.55. The molecule has 0 spiro atoms. The van der Waals surface area contributed by atoms with Gasteiger partial charge in [-0.15, -0.1) is 0 Å². The first-order valence-corrected chi connectivity index (χ1v) is 10.7. The molecule has 2 heterocycles. The Balaban J connectivity index is 0.000000660. The van der Waals surface area contributed by atoms with Crippen LogP contribution in [0.3, 0.4) is 0 Å². The number of nitrogens with zero attached hydrogens (tertiary/aromatic N) is 2. The summed E-state index contributed by atoms with van der Waals surface area (Å²) in [4.78, 5) is 10.7. The van der Waals surface area contributed by atoms with E-state index in [-0.39, 0.29) is 0 Å². The van der Waals surface area contributed by atoms with Crippen molar-refractivity contribution < 1.29 is 0 Å². The lowest BCUT2D eigenvalue weighted by molar-refractivity contribution is 0.438. The van der Waals surface area contributed by atoms with Crippen LogP contribution in [0.25, 0.3) is 22.4 Å². The Morgan fingerprint density at radius 1 is 1.00 bits per heavy atom. The molecular weight excluding hydrogens is 344 g/mol. The largest absolute Gasteiger partial charge is 0.399 e. The maximum Gasteiger partial charge on any atom is 0.138 e. The molecular formula is C24H36N4. The minimum atomic E-state index is 0.816. The van der Waals surface area contributed by atoms with Gasteiger partial charge in [0.05, 0.1) is 11.0 Å². The van der Waals surface area contributed by atoms with Crippen molar-refractivity contribution in [1.29, 1.82) is 0 Å². The fraction of sp³-hybridized carbons (Fsp3) is 0.458. The number of fused-ring (bicyclic) bond motifs is 1. The molecule has 0 amide bonds. The van der Waals surface area contributed by atoms with Crippen LogP contribution in [0, 0.1) is 12.8 Å². The quantitative estimate of drug-likeness (QED) is 0.505. The van der Waals surface area contributed by atoms with Crippen LogP contribution in [0.1, 0.15) is 53.0 Å². The number of aromatic amines is 1. The average molecular weight is 381 g/mol. The molecule has 3 aromatic rings. The predicted molar refractivity (Wildman–Crippen MR) is 124 cm³/mol. The van der Waals surface area contributed by atoms with Gasteiger partial charge in [-0.25, -0.2) is 4.98 Å². The first kappa shape index (κ1) is 21.8. The van der Waals surface area contributed by atoms with Gasteiger partial charge in [-0.3, -0.25) is 0 Å². The van der Waals surface area contributed by atoms with Crippen molar-refractivity contribution in [1.82, 2.24) is 9.97 Å². The highest BCUT2D eigenvalue weighted by atomic mass is 15.1. The highest BCUT2D eigenvalue weighted by Crippen LogP contribution is 2.28. The molecule has 2 aromatic carbocycles. The van der Waals surface area contributed by atoms with Crippen molar-refractivity contribution >= 4 is 22.4 Å². The lowest BCUT2D eigenvalue weighted by atomic mass is 9.99. The van der Waals surface area contributed by atoms with E-state index in [1.54, 1.807) is 0 Å². The van der Waals surface area contributed by atoms with Crippen LogP contribution in [0.2, 0.25) is 0 Å². The summed E-state index contributed by atoms with van der Waals surface area (Å²) in [5.41, 5.74) is 12.3. The van der Waals surface area contributed by atoms with Crippen LogP contribution in [0.4, 0.5) is 11.4 Å². The number of piperidine rings is 1. The molecule has 1 aliphatic heterocycles. The van der Waals surface area contributed by atoms with E-state index < -0.39 is 0 Å². The van der Waals surface area contributed by atoms with Crippen molar-refractivity contribution in [2.45, 2.75) is 54.4 Å². The van der Waals surface area contributed by atoms with E-state index in [0.29, 0.717) is 0 Å². The highest BCUT2D eigenvalue weighted by Gasteiger charge is 2.17. The SMILES string of the molecule is CC.CC.Cc1cc(-c2nc3ccc(N4CCC(C)CC4)cc3[nH]2)ccc1N. The fourth-order valence-corrected chi connectivity index (χ4v) is 3.42. The first-order chi connectivity index (χ1) is 13.6. The summed E-state index contributed by atoms with van der Waals surface area (Å²) in [7, 11) is 0. The van der Waals surface area contributed by atoms with E-state index in [9.17, 15) is 0 Å². The number of nitrogens with one attached hydrogen (secondary N) is 1. The van der Waals surface area contributed by atoms with Crippen LogP contribution in [0.5, 0.6) is 0 Å². The molecule has 0 unspecified atom stereocenters. The van der Waals surface area contributed by atoms with Crippen LogP contribution < -0.4 is 10.6 Å². The summed E-state index contributed by atoms with van der Waals surface area (Å²) < 4.78 is 0. The maximum absolute atomic E-state index is 5.92. The molecule has 1 aromatic heterocycles. The zero-order valence-corrected chi connectivity index (χ0v) is 18.3. The maximum atomic E-state index is 5.92. The van der Waals surface area contributed by atoms with E-state index in [1.807, 2.05) is 46.8 Å². The molecule has 28 heavy (non-hydrogen) atoms. The van der Waals surface area contributed by atoms with Gasteiger partial charge in [-0.05, 0) is 67.6 Å². The molecule has 0 atom stereocenters. The third kappa shape index (κ3) is 4.86. The molecule has 0 aliphatic carbocycles. The van der Waals surface area contributed by atoms with E-state index in [1.165, 1.54) is 18.5 Å². The third-order valence-electron chi connectivity index (χ3n) is 5.16. The van der Waals surface area contributed by atoms with Gasteiger partial charge < -0.3 is 15.6 Å². The number of aryl methyl sites for hydroxylation is 1. The second-order valence-electron chi connectivity index (χ2n) is 7.03. The van der Waals surface area contributed by atoms with Crippen LogP contribution >= 0.6 is 0 Å². The summed E-state index contributed by atoms with van der Waals surface area (Å²) in [6, 6.07) is 12.6. The monoisotopic (exact) mass is 380 g/mol. The summed E-state index contributed by atoms with van der Waals surface area (Å²) in [5.74, 6) is 1.75. The molecule has 152 valence electrons. The number of hydrogen-bond donors (Lipinski definition) is 2. The van der Waals surface area contributed by atoms with Crippen molar-refractivity contribution in [3.05, 3.63) is 42.0 Å². The molecule has 3 N–H and O–H groups in total. The van der Waals surface area contributed by atoms with E-state index in [4.69, 9.17) is 10.7 Å². The minimum absolute atomic E-state index is 0.816. The second-order valence-corrected chi connectivity index (χ2v) is 7.03. The number of rotatable bonds is 2. The Hall–Kier alpha value is -2.49. The average Bonchev–Trinajstić information content (AvgIpc) is 3.17. The number of anilines is 2. The smallest absolute Gasteiger partial charge is 0.138 e. The van der Waals surface area contributed by atoms with Gasteiger partial charge in [0.15, 0.2) is 0 Å². The number of imidazole rings is 1. The van der Waals surface area contributed by atoms with Gasteiger partial charge >= 0.3 is 0 Å². The molecule has 1 fully saturated rings. The number of nitrogen functional groups attached to an aromatic ring is 1. The van der Waals surface area contributed by atoms with Crippen LogP contribution in [-0.2, 0) is 0 Å². The van der Waals surface area contributed by atoms with Crippen LogP contribution in [-0.4, -0.2) is 23.1 Å². The number of H-pyrrole nitrogens is 1. The molecule has 1 saturated heterocycles. The molecule has 1 aliphatic rings. The van der Waals surface area contributed by atoms with Gasteiger partial charge in [0, 0.05) is 30.0 Å². The fourth-order valence-electron chi connectivity index (χ4n) is 3.42. The Morgan fingerprint density at radius 2 is 1.68 bits per heavy atom. The molecule has 4 heteroatoms. The van der Waals surface area contributed by atoms with Gasteiger partial charge in [-0.1, -0.05) is 34.6 Å². The molecule has 0 radical (unpaired) electrons. The predicted octanol–water partition coefficient (Wildman–Crippen LogP) is 6.41. The first-order valence-electron chi connectivity index (χ1n) is 10.7. The molecule has 4 nitrogen and oxygen atoms in total. The third-order valence-corrected chi connectivity index (χ3v) is 5.16. The van der Waals surface area contributed by atoms with Crippen molar-refractivity contribution in [3.8, 4) is 11.4 Å². The van der Waals surface area contributed by atoms with Crippen molar-refractivity contribution in [2.24, 2.45) is 5.92 Å². The van der Waals surface area contributed by atoms with Gasteiger partial charge in [-0.2, -0.15) is 0 Å². The zero-order valence-electron chi connectivity index (χ0n) is 18.3. The number of nitrogens with two attached hydrogens (primary N) is 1. The van der Waals surface area contributed by atoms with Gasteiger partial charge in [0.2, 0.25) is 0 Å². The molecule has 4 rings (SSSR count). The van der Waals surface area contributed by atoms with Gasteiger partial charge in [0.1, 0.15) is 5.82 Å². The van der Waals surface area contributed by atoms with E-state index in [0.717, 1.165) is 52.7 Å². The Kier molecular flexibility index (Phi) is 7.91. The van der Waals surface area contributed by atoms with Crippen LogP contribution in [0.15, 0.2) is 36.4 Å². The summed E-state index contributed by atoms with van der Waals surface area (Å²) in [5, 5.41) is 0. The zero-order chi connectivity index (χ0) is 20.7. The van der Waals surface area contributed by atoms with E-state index >= 15 is 0 Å². The number of aromatic nitrogens is 2. The second kappa shape index (κ2) is 10.2. The number of hydrogen-bond acceptors (Lipinski definition) is 3. The van der Waals surface area contributed by atoms with E-state index in [2.05, 4.69) is 41.1 Å². The summed E-state index contributed by atoms with van der Waals surface area (Å²) in [6.45, 7) is 14.7. The summed E-state index contributed by atoms with van der Waals surface area (Å²) >= 11 is 0. The van der Waals surface area contributed by atoms with Crippen molar-refractivity contribution in [3.63, 3.8) is 0 Å². The Bertz CT molecular complexity index is 873. The minimum Gasteiger partial charge on any atom is -0.399 e. The van der Waals surface area contributed by atoms with Gasteiger partial charge in [0.25, 0.3) is 0 Å². The Labute approximate surface area is 170 Å². The van der Waals surface area contributed by atoms with Crippen molar-refractivity contribution in [2.75, 3.05) is 23.7 Å². The lowest BCUT2D eigenvalue weighted by Gasteiger charge is -2.32. The lowest BCUT2D eigenvalue weighted by Crippen LogP contribution is -2.32. The Morgan fingerprint density at radius 3 is 2.32 bits per heavy atom. The number of benzene rings is 2. The highest BCUT2D eigenvalue weighted by molar-refractivity contribution is 5.83.